The van der Waals surface area contributed by atoms with Gasteiger partial charge in [-0.25, -0.2) is 4.98 Å². The lowest BCUT2D eigenvalue weighted by Gasteiger charge is -2.16. The molecule has 0 spiro atoms. The van der Waals surface area contributed by atoms with Crippen molar-refractivity contribution in [2.75, 3.05) is 25.0 Å². The second-order valence-corrected chi connectivity index (χ2v) is 4.98. The number of carbonyl (C=O) groups excluding carboxylic acids is 1. The van der Waals surface area contributed by atoms with Crippen molar-refractivity contribution in [2.45, 2.75) is 12.5 Å². The van der Waals surface area contributed by atoms with Crippen LogP contribution < -0.4 is 16.0 Å². The molecule has 9 nitrogen and oxygen atoms in total. The van der Waals surface area contributed by atoms with Gasteiger partial charge in [0.25, 0.3) is 5.91 Å². The van der Waals surface area contributed by atoms with E-state index in [0.717, 1.165) is 19.5 Å². The molecule has 9 heteroatoms. The van der Waals surface area contributed by atoms with Gasteiger partial charge in [0.2, 0.25) is 5.95 Å². The van der Waals surface area contributed by atoms with Gasteiger partial charge in [0, 0.05) is 31.5 Å². The summed E-state index contributed by atoms with van der Waals surface area (Å²) >= 11 is 0. The number of aromatic nitrogens is 5. The van der Waals surface area contributed by atoms with E-state index in [-0.39, 0.29) is 5.69 Å². The fraction of sp³-hybridized carbons (Fsp3) is 0.385. The van der Waals surface area contributed by atoms with E-state index in [1.807, 2.05) is 11.9 Å². The molecular formula is C13H16N8O. The van der Waals surface area contributed by atoms with E-state index in [9.17, 15) is 4.79 Å². The van der Waals surface area contributed by atoms with Gasteiger partial charge in [-0.3, -0.25) is 14.8 Å². The zero-order valence-corrected chi connectivity index (χ0v) is 12.1. The van der Waals surface area contributed by atoms with Crippen molar-refractivity contribution in [1.29, 1.82) is 0 Å². The third kappa shape index (κ3) is 2.70. The Morgan fingerprint density at radius 2 is 2.27 bits per heavy atom. The molecule has 3 N–H and O–H groups in total. The molecule has 1 aliphatic rings. The molecule has 114 valence electrons. The largest absolute Gasteiger partial charge is 0.364 e. The van der Waals surface area contributed by atoms with Crippen LogP contribution in [0.15, 0.2) is 18.6 Å². The number of anilines is 1. The molecule has 0 aliphatic carbocycles. The van der Waals surface area contributed by atoms with Crippen molar-refractivity contribution >= 4 is 11.9 Å². The first-order valence-corrected chi connectivity index (χ1v) is 6.92. The number of hydrogen-bond acceptors (Lipinski definition) is 8. The zero-order valence-electron chi connectivity index (χ0n) is 12.1. The minimum absolute atomic E-state index is 0.00591. The Balaban J connectivity index is 2.00. The van der Waals surface area contributed by atoms with Gasteiger partial charge in [-0.15, -0.1) is 10.2 Å². The van der Waals surface area contributed by atoms with Crippen LogP contribution in [0.1, 0.15) is 16.9 Å². The normalized spacial score (nSPS) is 17.7. The van der Waals surface area contributed by atoms with E-state index < -0.39 is 5.91 Å². The van der Waals surface area contributed by atoms with E-state index in [4.69, 9.17) is 5.73 Å². The molecule has 1 aliphatic heterocycles. The molecule has 1 unspecified atom stereocenters. The number of amides is 1. The van der Waals surface area contributed by atoms with Crippen molar-refractivity contribution in [3.8, 4) is 11.4 Å². The first-order valence-electron chi connectivity index (χ1n) is 6.92. The minimum atomic E-state index is -0.693. The molecule has 0 aromatic carbocycles. The number of nitrogens with zero attached hydrogens (tertiary/aromatic N) is 6. The molecule has 1 saturated heterocycles. The number of carbonyl (C=O) groups is 1. The van der Waals surface area contributed by atoms with Gasteiger partial charge in [-0.1, -0.05) is 0 Å². The number of rotatable bonds is 4. The number of primary amides is 1. The molecule has 1 fully saturated rings. The van der Waals surface area contributed by atoms with Gasteiger partial charge in [0.15, 0.2) is 5.69 Å². The fourth-order valence-electron chi connectivity index (χ4n) is 2.39. The first-order chi connectivity index (χ1) is 10.7. The van der Waals surface area contributed by atoms with Crippen LogP contribution in [-0.2, 0) is 0 Å². The predicted molar refractivity (Wildman–Crippen MR) is 79.0 cm³/mol. The molecule has 3 heterocycles. The lowest BCUT2D eigenvalue weighted by Crippen LogP contribution is -2.31. The molecular weight excluding hydrogens is 284 g/mol. The van der Waals surface area contributed by atoms with Crippen molar-refractivity contribution < 1.29 is 4.79 Å². The van der Waals surface area contributed by atoms with Crippen LogP contribution in [0.2, 0.25) is 0 Å². The van der Waals surface area contributed by atoms with Crippen LogP contribution in [0.25, 0.3) is 11.4 Å². The summed E-state index contributed by atoms with van der Waals surface area (Å²) < 4.78 is 0. The molecule has 0 saturated carbocycles. The number of nitrogens with two attached hydrogens (primary N) is 1. The molecule has 1 atom stereocenters. The Hall–Kier alpha value is -2.68. The summed E-state index contributed by atoms with van der Waals surface area (Å²) in [6.07, 6.45) is 5.58. The monoisotopic (exact) mass is 300 g/mol. The van der Waals surface area contributed by atoms with E-state index in [0.29, 0.717) is 23.4 Å². The maximum atomic E-state index is 11.5. The van der Waals surface area contributed by atoms with Crippen molar-refractivity contribution in [3.63, 3.8) is 0 Å². The quantitative estimate of drug-likeness (QED) is 0.754. The molecule has 0 radical (unpaired) electrons. The van der Waals surface area contributed by atoms with E-state index in [2.05, 4.69) is 30.5 Å². The van der Waals surface area contributed by atoms with E-state index in [1.54, 1.807) is 6.20 Å². The average Bonchev–Trinajstić information content (AvgIpc) is 3.04. The highest BCUT2D eigenvalue weighted by Gasteiger charge is 2.25. The highest BCUT2D eigenvalue weighted by Crippen LogP contribution is 2.21. The van der Waals surface area contributed by atoms with Crippen molar-refractivity contribution in [1.82, 2.24) is 30.5 Å². The third-order valence-electron chi connectivity index (χ3n) is 3.59. The van der Waals surface area contributed by atoms with Gasteiger partial charge in [0.1, 0.15) is 11.4 Å². The van der Waals surface area contributed by atoms with Crippen LogP contribution in [-0.4, -0.2) is 57.2 Å². The molecule has 2 aromatic rings. The summed E-state index contributed by atoms with van der Waals surface area (Å²) in [6, 6.07) is 0.388. The summed E-state index contributed by atoms with van der Waals surface area (Å²) in [5.74, 6) is -0.231. The Labute approximate surface area is 127 Å². The molecule has 1 amide bonds. The van der Waals surface area contributed by atoms with Gasteiger partial charge in [0.05, 0.1) is 6.20 Å². The summed E-state index contributed by atoms with van der Waals surface area (Å²) in [5.41, 5.74) is 6.09. The average molecular weight is 300 g/mol. The SMILES string of the molecule is CNC1CCN(c2nnc(C(N)=O)c(-c3cnccn3)n2)C1. The standard InChI is InChI=1S/C13H16N8O/c1-15-8-2-5-21(7-8)13-18-10(9-6-16-3-4-17-9)11(12(14)22)19-20-13/h3-4,6,8,15H,2,5,7H2,1H3,(H2,14,22). The Morgan fingerprint density at radius 1 is 1.41 bits per heavy atom. The second-order valence-electron chi connectivity index (χ2n) is 4.98. The summed E-state index contributed by atoms with van der Waals surface area (Å²) in [7, 11) is 1.93. The molecule has 22 heavy (non-hydrogen) atoms. The van der Waals surface area contributed by atoms with Crippen LogP contribution in [0.5, 0.6) is 0 Å². The fourth-order valence-corrected chi connectivity index (χ4v) is 2.39. The van der Waals surface area contributed by atoms with Gasteiger partial charge < -0.3 is 16.0 Å². The molecule has 2 aromatic heterocycles. The van der Waals surface area contributed by atoms with Crippen LogP contribution >= 0.6 is 0 Å². The predicted octanol–water partition coefficient (Wildman–Crippen LogP) is -0.774. The Morgan fingerprint density at radius 3 is 2.91 bits per heavy atom. The number of likely N-dealkylation sites (N-methyl/N-ethyl adjacent to an activating group) is 1. The molecule has 0 bridgehead atoms. The third-order valence-corrected chi connectivity index (χ3v) is 3.59. The topological polar surface area (TPSA) is 123 Å². The summed E-state index contributed by atoms with van der Waals surface area (Å²) in [5, 5.41) is 11.2. The summed E-state index contributed by atoms with van der Waals surface area (Å²) in [4.78, 5) is 26.1. The smallest absolute Gasteiger partial charge is 0.271 e. The first kappa shape index (κ1) is 14.3. The van der Waals surface area contributed by atoms with Gasteiger partial charge >= 0.3 is 0 Å². The van der Waals surface area contributed by atoms with Crippen LogP contribution in [0.3, 0.4) is 0 Å². The Kier molecular flexibility index (Phi) is 3.88. The maximum absolute atomic E-state index is 11.5. The van der Waals surface area contributed by atoms with E-state index >= 15 is 0 Å². The number of hydrogen-bond donors (Lipinski definition) is 2. The van der Waals surface area contributed by atoms with Crippen molar-refractivity contribution in [2.24, 2.45) is 5.73 Å². The lowest BCUT2D eigenvalue weighted by molar-refractivity contribution is 0.0995. The second kappa shape index (κ2) is 5.98. The highest BCUT2D eigenvalue weighted by atomic mass is 16.1. The Bertz CT molecular complexity index is 677. The highest BCUT2D eigenvalue weighted by molar-refractivity contribution is 5.96. The lowest BCUT2D eigenvalue weighted by atomic mass is 10.2. The minimum Gasteiger partial charge on any atom is -0.364 e. The zero-order chi connectivity index (χ0) is 15.5. The maximum Gasteiger partial charge on any atom is 0.271 e. The van der Waals surface area contributed by atoms with E-state index in [1.165, 1.54) is 12.4 Å². The van der Waals surface area contributed by atoms with Gasteiger partial charge in [-0.05, 0) is 13.5 Å². The van der Waals surface area contributed by atoms with Crippen molar-refractivity contribution in [3.05, 3.63) is 24.3 Å². The van der Waals surface area contributed by atoms with Gasteiger partial charge in [-0.2, -0.15) is 0 Å². The van der Waals surface area contributed by atoms with Crippen LogP contribution in [0, 0.1) is 0 Å². The van der Waals surface area contributed by atoms with Crippen LogP contribution in [0.4, 0.5) is 5.95 Å². The number of nitrogens with one attached hydrogen (secondary N) is 1. The molecule has 3 rings (SSSR count). The summed E-state index contributed by atoms with van der Waals surface area (Å²) in [6.45, 7) is 1.61.